The number of aromatic nitrogens is 2. The van der Waals surface area contributed by atoms with Gasteiger partial charge >= 0.3 is 0 Å². The van der Waals surface area contributed by atoms with Crippen LogP contribution in [-0.2, 0) is 19.0 Å². The number of para-hydroxylation sites is 1. The third-order valence-corrected chi connectivity index (χ3v) is 5.01. The first-order valence-corrected chi connectivity index (χ1v) is 7.50. The molecule has 0 amide bonds. The van der Waals surface area contributed by atoms with E-state index in [1.165, 1.54) is 0 Å². The first-order valence-electron chi connectivity index (χ1n) is 6.70. The third kappa shape index (κ3) is 2.15. The van der Waals surface area contributed by atoms with Crippen LogP contribution in [0.4, 0.5) is 0 Å². The molecule has 1 aliphatic heterocycles. The number of hydrogen-bond donors (Lipinski definition) is 1. The van der Waals surface area contributed by atoms with Crippen molar-refractivity contribution >= 4 is 15.9 Å². The van der Waals surface area contributed by atoms with Crippen molar-refractivity contribution < 1.29 is 4.74 Å². The first kappa shape index (κ1) is 13.6. The predicted octanol–water partition coefficient (Wildman–Crippen LogP) is 2.67. The fraction of sp³-hybridized carbons (Fsp3) is 0.400. The van der Waals surface area contributed by atoms with Crippen molar-refractivity contribution in [3.63, 3.8) is 0 Å². The number of nitrogens with zero attached hydrogens (tertiary/aromatic N) is 2. The second-order valence-electron chi connectivity index (χ2n) is 5.40. The van der Waals surface area contributed by atoms with Gasteiger partial charge in [0, 0.05) is 25.5 Å². The summed E-state index contributed by atoms with van der Waals surface area (Å²) < 4.78 is 8.67. The molecular formula is C15H18BrN3O. The standard InChI is InChI=1S/C15H18BrN3O/c1-10-14(16)12(19(2)18-10)9-15(17)7-8-20-13-6-4-3-5-11(13)15/h3-6H,7-9,17H2,1-2H3. The first-order chi connectivity index (χ1) is 9.51. The monoisotopic (exact) mass is 335 g/mol. The van der Waals surface area contributed by atoms with Crippen molar-refractivity contribution in [2.24, 2.45) is 12.8 Å². The van der Waals surface area contributed by atoms with Gasteiger partial charge in [-0.15, -0.1) is 0 Å². The molecule has 3 rings (SSSR count). The number of rotatable bonds is 2. The van der Waals surface area contributed by atoms with Gasteiger partial charge in [0.05, 0.1) is 28.0 Å². The molecule has 0 radical (unpaired) electrons. The summed E-state index contributed by atoms with van der Waals surface area (Å²) in [5, 5.41) is 4.45. The molecule has 0 aliphatic carbocycles. The van der Waals surface area contributed by atoms with Crippen LogP contribution >= 0.6 is 15.9 Å². The fourth-order valence-electron chi connectivity index (χ4n) is 2.84. The fourth-order valence-corrected chi connectivity index (χ4v) is 3.31. The molecule has 1 aliphatic rings. The Morgan fingerprint density at radius 3 is 2.90 bits per heavy atom. The van der Waals surface area contributed by atoms with Gasteiger partial charge in [0.25, 0.3) is 0 Å². The average molecular weight is 336 g/mol. The maximum absolute atomic E-state index is 6.71. The van der Waals surface area contributed by atoms with Crippen LogP contribution in [0.5, 0.6) is 5.75 Å². The summed E-state index contributed by atoms with van der Waals surface area (Å²) in [6, 6.07) is 8.04. The quantitative estimate of drug-likeness (QED) is 0.917. The molecule has 1 aromatic carbocycles. The van der Waals surface area contributed by atoms with Crippen LogP contribution < -0.4 is 10.5 Å². The van der Waals surface area contributed by atoms with E-state index in [0.717, 1.165) is 40.0 Å². The highest BCUT2D eigenvalue weighted by atomic mass is 79.9. The Labute approximate surface area is 127 Å². The molecule has 0 saturated heterocycles. The second-order valence-corrected chi connectivity index (χ2v) is 6.19. The molecule has 5 heteroatoms. The van der Waals surface area contributed by atoms with E-state index in [2.05, 4.69) is 27.1 Å². The molecule has 1 atom stereocenters. The Bertz CT molecular complexity index is 653. The molecule has 0 saturated carbocycles. The summed E-state index contributed by atoms with van der Waals surface area (Å²) in [4.78, 5) is 0. The lowest BCUT2D eigenvalue weighted by Gasteiger charge is -2.35. The number of fused-ring (bicyclic) bond motifs is 1. The van der Waals surface area contributed by atoms with Crippen molar-refractivity contribution in [3.05, 3.63) is 45.7 Å². The van der Waals surface area contributed by atoms with E-state index in [0.29, 0.717) is 6.61 Å². The summed E-state index contributed by atoms with van der Waals surface area (Å²) in [6.45, 7) is 2.65. The largest absolute Gasteiger partial charge is 0.493 e. The minimum absolute atomic E-state index is 0.405. The van der Waals surface area contributed by atoms with Crippen molar-refractivity contribution in [1.29, 1.82) is 0 Å². The van der Waals surface area contributed by atoms with E-state index in [1.54, 1.807) is 0 Å². The van der Waals surface area contributed by atoms with Gasteiger partial charge in [-0.2, -0.15) is 5.10 Å². The number of hydrogen-bond acceptors (Lipinski definition) is 3. The number of benzene rings is 1. The molecule has 4 nitrogen and oxygen atoms in total. The van der Waals surface area contributed by atoms with Crippen LogP contribution in [0, 0.1) is 6.92 Å². The number of nitrogens with two attached hydrogens (primary N) is 1. The van der Waals surface area contributed by atoms with Crippen LogP contribution in [0.15, 0.2) is 28.7 Å². The van der Waals surface area contributed by atoms with Gasteiger partial charge in [-0.1, -0.05) is 18.2 Å². The molecule has 1 unspecified atom stereocenters. The van der Waals surface area contributed by atoms with Crippen LogP contribution in [0.25, 0.3) is 0 Å². The van der Waals surface area contributed by atoms with Crippen LogP contribution in [0.3, 0.4) is 0 Å². The minimum Gasteiger partial charge on any atom is -0.493 e. The van der Waals surface area contributed by atoms with Crippen LogP contribution in [-0.4, -0.2) is 16.4 Å². The average Bonchev–Trinajstić information content (AvgIpc) is 2.66. The molecule has 1 aromatic heterocycles. The summed E-state index contributed by atoms with van der Waals surface area (Å²) in [7, 11) is 1.96. The normalized spacial score (nSPS) is 21.4. The summed E-state index contributed by atoms with van der Waals surface area (Å²) in [5.41, 5.74) is 9.50. The van der Waals surface area contributed by atoms with E-state index in [-0.39, 0.29) is 0 Å². The van der Waals surface area contributed by atoms with E-state index in [1.807, 2.05) is 36.9 Å². The lowest BCUT2D eigenvalue weighted by atomic mass is 9.81. The Morgan fingerprint density at radius 1 is 1.45 bits per heavy atom. The van der Waals surface area contributed by atoms with Gasteiger partial charge in [-0.3, -0.25) is 4.68 Å². The number of ether oxygens (including phenoxy) is 1. The molecule has 0 fully saturated rings. The van der Waals surface area contributed by atoms with E-state index in [4.69, 9.17) is 10.5 Å². The van der Waals surface area contributed by atoms with Crippen molar-refractivity contribution in [2.75, 3.05) is 6.61 Å². The number of aryl methyl sites for hydroxylation is 2. The van der Waals surface area contributed by atoms with Crippen molar-refractivity contribution in [3.8, 4) is 5.75 Å². The van der Waals surface area contributed by atoms with Crippen molar-refractivity contribution in [1.82, 2.24) is 9.78 Å². The molecule has 2 aromatic rings. The van der Waals surface area contributed by atoms with E-state index in [9.17, 15) is 0 Å². The summed E-state index contributed by atoms with van der Waals surface area (Å²) in [6.07, 6.45) is 1.55. The Balaban J connectivity index is 2.02. The zero-order valence-corrected chi connectivity index (χ0v) is 13.3. The summed E-state index contributed by atoms with van der Waals surface area (Å²) in [5.74, 6) is 0.899. The van der Waals surface area contributed by atoms with Crippen LogP contribution in [0.1, 0.15) is 23.4 Å². The summed E-state index contributed by atoms with van der Waals surface area (Å²) >= 11 is 3.62. The predicted molar refractivity (Wildman–Crippen MR) is 81.8 cm³/mol. The van der Waals surface area contributed by atoms with Crippen molar-refractivity contribution in [2.45, 2.75) is 25.3 Å². The molecule has 106 valence electrons. The van der Waals surface area contributed by atoms with Gasteiger partial charge in [0.2, 0.25) is 0 Å². The van der Waals surface area contributed by atoms with Crippen LogP contribution in [0.2, 0.25) is 0 Å². The van der Waals surface area contributed by atoms with Gasteiger partial charge in [0.15, 0.2) is 0 Å². The Morgan fingerprint density at radius 2 is 2.20 bits per heavy atom. The molecule has 20 heavy (non-hydrogen) atoms. The van der Waals surface area contributed by atoms with Gasteiger partial charge in [-0.25, -0.2) is 0 Å². The smallest absolute Gasteiger partial charge is 0.124 e. The molecule has 0 bridgehead atoms. The molecular weight excluding hydrogens is 318 g/mol. The van der Waals surface area contributed by atoms with E-state index < -0.39 is 5.54 Å². The highest BCUT2D eigenvalue weighted by molar-refractivity contribution is 9.10. The highest BCUT2D eigenvalue weighted by Crippen LogP contribution is 2.38. The SMILES string of the molecule is Cc1nn(C)c(CC2(N)CCOc3ccccc32)c1Br. The molecule has 2 heterocycles. The maximum Gasteiger partial charge on any atom is 0.124 e. The third-order valence-electron chi connectivity index (χ3n) is 3.97. The molecule has 2 N–H and O–H groups in total. The number of halogens is 1. The lowest BCUT2D eigenvalue weighted by Crippen LogP contribution is -2.43. The zero-order chi connectivity index (χ0) is 14.3. The van der Waals surface area contributed by atoms with Gasteiger partial charge in [-0.05, 0) is 28.9 Å². The van der Waals surface area contributed by atoms with E-state index >= 15 is 0 Å². The topological polar surface area (TPSA) is 53.1 Å². The Hall–Kier alpha value is -1.33. The Kier molecular flexibility index (Phi) is 3.34. The van der Waals surface area contributed by atoms with Gasteiger partial charge in [0.1, 0.15) is 5.75 Å². The highest BCUT2D eigenvalue weighted by Gasteiger charge is 2.35. The lowest BCUT2D eigenvalue weighted by molar-refractivity contribution is 0.213. The zero-order valence-electron chi connectivity index (χ0n) is 11.7. The van der Waals surface area contributed by atoms with Gasteiger partial charge < -0.3 is 10.5 Å². The second kappa shape index (κ2) is 4.90. The minimum atomic E-state index is -0.405. The molecule has 0 spiro atoms. The maximum atomic E-state index is 6.71.